The Bertz CT molecular complexity index is 325. The summed E-state index contributed by atoms with van der Waals surface area (Å²) < 4.78 is 0. The summed E-state index contributed by atoms with van der Waals surface area (Å²) in [6, 6.07) is 0. The van der Waals surface area contributed by atoms with Crippen LogP contribution in [0.1, 0.15) is 40.5 Å². The third kappa shape index (κ3) is 5.66. The Morgan fingerprint density at radius 2 is 1.75 bits per heavy atom. The Labute approximate surface area is 98.4 Å². The molecule has 0 radical (unpaired) electrons. The topological polar surface area (TPSA) is 37.3 Å². The van der Waals surface area contributed by atoms with E-state index in [0.29, 0.717) is 18.4 Å². The Kier molecular flexibility index (Phi) is 6.66. The first-order valence-electron chi connectivity index (χ1n) is 5.51. The summed E-state index contributed by atoms with van der Waals surface area (Å²) in [5, 5.41) is 8.78. The normalized spacial score (nSPS) is 9.56. The van der Waals surface area contributed by atoms with E-state index in [4.69, 9.17) is 5.11 Å². The third-order valence-electron chi connectivity index (χ3n) is 2.31. The van der Waals surface area contributed by atoms with Crippen molar-refractivity contribution in [3.8, 4) is 0 Å². The fourth-order valence-electron chi connectivity index (χ4n) is 1.33. The lowest BCUT2D eigenvalue weighted by Crippen LogP contribution is -2.05. The maximum Gasteiger partial charge on any atom is 0.160 e. The molecule has 0 saturated heterocycles. The van der Waals surface area contributed by atoms with Crippen molar-refractivity contribution < 1.29 is 9.90 Å². The molecular weight excluding hydrogens is 200 g/mol. The van der Waals surface area contributed by atoms with Gasteiger partial charge in [-0.2, -0.15) is 0 Å². The largest absolute Gasteiger partial charge is 0.392 e. The molecule has 90 valence electrons. The lowest BCUT2D eigenvalue weighted by molar-refractivity contribution is -0.115. The van der Waals surface area contributed by atoms with Crippen molar-refractivity contribution in [2.75, 3.05) is 6.61 Å². The van der Waals surface area contributed by atoms with Gasteiger partial charge in [-0.05, 0) is 39.7 Å². The fourth-order valence-corrected chi connectivity index (χ4v) is 1.33. The number of aliphatic hydroxyl groups is 1. The molecule has 1 N–H and O–H groups in total. The molecule has 0 aromatic heterocycles. The second-order valence-electron chi connectivity index (χ2n) is 4.43. The van der Waals surface area contributed by atoms with Crippen LogP contribution in [-0.2, 0) is 4.79 Å². The highest BCUT2D eigenvalue weighted by Crippen LogP contribution is 2.16. The van der Waals surface area contributed by atoms with E-state index in [0.717, 1.165) is 0 Å². The summed E-state index contributed by atoms with van der Waals surface area (Å²) in [5.41, 5.74) is 3.94. The second-order valence-corrected chi connectivity index (χ2v) is 4.43. The van der Waals surface area contributed by atoms with Gasteiger partial charge in [-0.1, -0.05) is 23.8 Å². The second kappa shape index (κ2) is 7.18. The summed E-state index contributed by atoms with van der Waals surface area (Å²) in [6.45, 7) is 11.4. The van der Waals surface area contributed by atoms with Gasteiger partial charge in [0.05, 0.1) is 6.61 Å². The van der Waals surface area contributed by atoms with Gasteiger partial charge < -0.3 is 5.11 Å². The van der Waals surface area contributed by atoms with E-state index >= 15 is 0 Å². The lowest BCUT2D eigenvalue weighted by Gasteiger charge is -2.06. The Morgan fingerprint density at radius 1 is 1.19 bits per heavy atom. The van der Waals surface area contributed by atoms with Gasteiger partial charge in [-0.3, -0.25) is 4.79 Å². The molecule has 2 heteroatoms. The van der Waals surface area contributed by atoms with Crippen LogP contribution in [0, 0.1) is 0 Å². The number of ketones is 1. The SMILES string of the molecule is C=C(CO)C(=O)CCC(C=C(C)C)=C(C)C. The van der Waals surface area contributed by atoms with Crippen LogP contribution < -0.4 is 0 Å². The number of carbonyl (C=O) groups is 1. The lowest BCUT2D eigenvalue weighted by atomic mass is 9.99. The van der Waals surface area contributed by atoms with Crippen LogP contribution in [0.25, 0.3) is 0 Å². The van der Waals surface area contributed by atoms with Crippen LogP contribution in [0.2, 0.25) is 0 Å². The number of rotatable bonds is 6. The monoisotopic (exact) mass is 222 g/mol. The number of allylic oxidation sites excluding steroid dienone is 4. The standard InChI is InChI=1S/C14H22O2/c1-10(2)8-13(11(3)4)6-7-14(16)12(5)9-15/h8,15H,5-7,9H2,1-4H3. The molecule has 0 aliphatic rings. The summed E-state index contributed by atoms with van der Waals surface area (Å²) in [4.78, 5) is 11.5. The quantitative estimate of drug-likeness (QED) is 0.553. The van der Waals surface area contributed by atoms with Crippen molar-refractivity contribution >= 4 is 5.78 Å². The third-order valence-corrected chi connectivity index (χ3v) is 2.31. The van der Waals surface area contributed by atoms with Crippen molar-refractivity contribution in [1.82, 2.24) is 0 Å². The van der Waals surface area contributed by atoms with E-state index < -0.39 is 0 Å². The molecular formula is C14H22O2. The van der Waals surface area contributed by atoms with Crippen molar-refractivity contribution in [2.24, 2.45) is 0 Å². The average molecular weight is 222 g/mol. The van der Waals surface area contributed by atoms with Crippen LogP contribution in [0.4, 0.5) is 0 Å². The van der Waals surface area contributed by atoms with Crippen molar-refractivity contribution in [3.05, 3.63) is 34.9 Å². The van der Waals surface area contributed by atoms with Crippen LogP contribution in [0.15, 0.2) is 34.9 Å². The average Bonchev–Trinajstić information content (AvgIpc) is 2.21. The van der Waals surface area contributed by atoms with Crippen LogP contribution in [0.5, 0.6) is 0 Å². The van der Waals surface area contributed by atoms with Crippen molar-refractivity contribution in [2.45, 2.75) is 40.5 Å². The van der Waals surface area contributed by atoms with Crippen LogP contribution >= 0.6 is 0 Å². The van der Waals surface area contributed by atoms with Gasteiger partial charge >= 0.3 is 0 Å². The highest BCUT2D eigenvalue weighted by molar-refractivity contribution is 5.95. The minimum absolute atomic E-state index is 0.0524. The predicted molar refractivity (Wildman–Crippen MR) is 68.3 cm³/mol. The summed E-state index contributed by atoms with van der Waals surface area (Å²) in [5.74, 6) is -0.0524. The molecule has 16 heavy (non-hydrogen) atoms. The maximum absolute atomic E-state index is 11.5. The molecule has 0 unspecified atom stereocenters. The van der Waals surface area contributed by atoms with E-state index in [1.165, 1.54) is 16.7 Å². The highest BCUT2D eigenvalue weighted by atomic mass is 16.3. The Hall–Kier alpha value is -1.15. The summed E-state index contributed by atoms with van der Waals surface area (Å²) in [7, 11) is 0. The molecule has 0 saturated carbocycles. The minimum Gasteiger partial charge on any atom is -0.392 e. The van der Waals surface area contributed by atoms with E-state index in [2.05, 4.69) is 12.7 Å². The smallest absolute Gasteiger partial charge is 0.160 e. The maximum atomic E-state index is 11.5. The van der Waals surface area contributed by atoms with Gasteiger partial charge in [0.1, 0.15) is 0 Å². The van der Waals surface area contributed by atoms with Gasteiger partial charge in [0.15, 0.2) is 5.78 Å². The Morgan fingerprint density at radius 3 is 2.12 bits per heavy atom. The van der Waals surface area contributed by atoms with E-state index in [1.54, 1.807) is 0 Å². The number of hydrogen-bond donors (Lipinski definition) is 1. The molecule has 0 spiro atoms. The molecule has 0 atom stereocenters. The molecule has 0 aliphatic heterocycles. The van der Waals surface area contributed by atoms with Gasteiger partial charge in [0.25, 0.3) is 0 Å². The van der Waals surface area contributed by atoms with Crippen LogP contribution in [-0.4, -0.2) is 17.5 Å². The van der Waals surface area contributed by atoms with Crippen molar-refractivity contribution in [3.63, 3.8) is 0 Å². The zero-order valence-corrected chi connectivity index (χ0v) is 10.8. The Balaban J connectivity index is 4.48. The molecule has 0 aromatic rings. The van der Waals surface area contributed by atoms with Gasteiger partial charge in [0, 0.05) is 12.0 Å². The van der Waals surface area contributed by atoms with Gasteiger partial charge in [-0.15, -0.1) is 0 Å². The van der Waals surface area contributed by atoms with E-state index in [1.807, 2.05) is 27.7 Å². The van der Waals surface area contributed by atoms with Crippen molar-refractivity contribution in [1.29, 1.82) is 0 Å². The number of hydrogen-bond acceptors (Lipinski definition) is 2. The highest BCUT2D eigenvalue weighted by Gasteiger charge is 2.07. The molecule has 0 aromatic carbocycles. The fraction of sp³-hybridized carbons (Fsp3) is 0.500. The molecule has 0 fully saturated rings. The minimum atomic E-state index is -0.244. The molecule has 0 bridgehead atoms. The molecule has 2 nitrogen and oxygen atoms in total. The van der Waals surface area contributed by atoms with E-state index in [-0.39, 0.29) is 12.4 Å². The predicted octanol–water partition coefficient (Wildman–Crippen LogP) is 3.19. The summed E-state index contributed by atoms with van der Waals surface area (Å²) >= 11 is 0. The number of carbonyl (C=O) groups excluding carboxylic acids is 1. The first-order chi connectivity index (χ1) is 7.38. The zero-order valence-electron chi connectivity index (χ0n) is 10.8. The first kappa shape index (κ1) is 14.8. The molecule has 0 rings (SSSR count). The molecule has 0 heterocycles. The van der Waals surface area contributed by atoms with Gasteiger partial charge in [0.2, 0.25) is 0 Å². The van der Waals surface area contributed by atoms with Gasteiger partial charge in [-0.25, -0.2) is 0 Å². The van der Waals surface area contributed by atoms with Crippen LogP contribution in [0.3, 0.4) is 0 Å². The first-order valence-corrected chi connectivity index (χ1v) is 5.51. The van der Waals surface area contributed by atoms with E-state index in [9.17, 15) is 4.79 Å². The number of Topliss-reactive ketones (excluding diaryl/α,β-unsaturated/α-hetero) is 1. The molecule has 0 aliphatic carbocycles. The molecule has 0 amide bonds. The summed E-state index contributed by atoms with van der Waals surface area (Å²) in [6.07, 6.45) is 3.24. The number of aliphatic hydroxyl groups excluding tert-OH is 1. The zero-order chi connectivity index (χ0) is 12.7.